The van der Waals surface area contributed by atoms with E-state index < -0.39 is 17.8 Å². The highest BCUT2D eigenvalue weighted by atomic mass is 16.4. The molecule has 0 spiro atoms. The van der Waals surface area contributed by atoms with Gasteiger partial charge in [0.15, 0.2) is 0 Å². The maximum absolute atomic E-state index is 12.4. The molecule has 1 fully saturated rings. The van der Waals surface area contributed by atoms with Gasteiger partial charge in [-0.25, -0.2) is 0 Å². The first kappa shape index (κ1) is 17.3. The van der Waals surface area contributed by atoms with Crippen LogP contribution in [0.4, 0.5) is 11.4 Å². The smallest absolute Gasteiger partial charge is 0.307 e. The minimum Gasteiger partial charge on any atom is -0.481 e. The van der Waals surface area contributed by atoms with Gasteiger partial charge in [-0.3, -0.25) is 9.59 Å². The number of carbonyl (C=O) groups excluding carboxylic acids is 1. The molecule has 0 bridgehead atoms. The molecule has 23 heavy (non-hydrogen) atoms. The second-order valence-electron chi connectivity index (χ2n) is 6.04. The number of amides is 1. The first-order chi connectivity index (χ1) is 11.1. The van der Waals surface area contributed by atoms with Crippen molar-refractivity contribution in [2.75, 3.05) is 23.3 Å². The number of anilines is 2. The van der Waals surface area contributed by atoms with Gasteiger partial charge in [0, 0.05) is 24.5 Å². The summed E-state index contributed by atoms with van der Waals surface area (Å²) in [5, 5.41) is 12.2. The van der Waals surface area contributed by atoms with Crippen LogP contribution in [-0.2, 0) is 9.59 Å². The lowest BCUT2D eigenvalue weighted by atomic mass is 9.78. The summed E-state index contributed by atoms with van der Waals surface area (Å²) in [7, 11) is 0. The third-order valence-electron chi connectivity index (χ3n) is 4.68. The molecule has 0 saturated heterocycles. The zero-order valence-corrected chi connectivity index (χ0v) is 13.9. The molecule has 1 aliphatic rings. The third-order valence-corrected chi connectivity index (χ3v) is 4.68. The van der Waals surface area contributed by atoms with Crippen molar-refractivity contribution in [3.63, 3.8) is 0 Å². The van der Waals surface area contributed by atoms with Gasteiger partial charge in [-0.15, -0.1) is 0 Å². The maximum atomic E-state index is 12.4. The van der Waals surface area contributed by atoms with Gasteiger partial charge in [-0.1, -0.05) is 12.8 Å². The van der Waals surface area contributed by atoms with Crippen molar-refractivity contribution in [3.8, 4) is 0 Å². The van der Waals surface area contributed by atoms with Crippen molar-refractivity contribution < 1.29 is 14.7 Å². The van der Waals surface area contributed by atoms with Crippen LogP contribution in [0.5, 0.6) is 0 Å². The van der Waals surface area contributed by atoms with Crippen molar-refractivity contribution in [3.05, 3.63) is 24.3 Å². The fourth-order valence-electron chi connectivity index (χ4n) is 3.32. The molecule has 0 aliphatic heterocycles. The van der Waals surface area contributed by atoms with Gasteiger partial charge in [0.05, 0.1) is 11.8 Å². The van der Waals surface area contributed by atoms with E-state index in [0.29, 0.717) is 12.8 Å². The largest absolute Gasteiger partial charge is 0.481 e. The summed E-state index contributed by atoms with van der Waals surface area (Å²) in [6.07, 6.45) is 3.05. The minimum atomic E-state index is -0.860. The number of carboxylic acid groups (broad SMARTS) is 1. The van der Waals surface area contributed by atoms with Crippen molar-refractivity contribution in [2.45, 2.75) is 39.5 Å². The Balaban J connectivity index is 2.03. The number of nitrogens with one attached hydrogen (secondary N) is 1. The van der Waals surface area contributed by atoms with Crippen LogP contribution < -0.4 is 10.2 Å². The average Bonchev–Trinajstić information content (AvgIpc) is 2.57. The van der Waals surface area contributed by atoms with E-state index in [4.69, 9.17) is 0 Å². The second kappa shape index (κ2) is 7.99. The molecule has 0 heterocycles. The van der Waals surface area contributed by atoms with Crippen LogP contribution in [0, 0.1) is 11.8 Å². The van der Waals surface area contributed by atoms with E-state index in [-0.39, 0.29) is 5.91 Å². The first-order valence-corrected chi connectivity index (χ1v) is 8.45. The van der Waals surface area contributed by atoms with Crippen molar-refractivity contribution in [2.24, 2.45) is 11.8 Å². The van der Waals surface area contributed by atoms with Crippen LogP contribution in [0.1, 0.15) is 39.5 Å². The Labute approximate surface area is 137 Å². The Morgan fingerprint density at radius 2 is 1.65 bits per heavy atom. The van der Waals surface area contributed by atoms with Gasteiger partial charge in [-0.05, 0) is 51.0 Å². The molecule has 5 nitrogen and oxygen atoms in total. The summed E-state index contributed by atoms with van der Waals surface area (Å²) < 4.78 is 0. The number of hydrogen-bond acceptors (Lipinski definition) is 3. The van der Waals surface area contributed by atoms with Gasteiger partial charge in [0.25, 0.3) is 0 Å². The normalized spacial score (nSPS) is 20.8. The van der Waals surface area contributed by atoms with Gasteiger partial charge < -0.3 is 15.3 Å². The number of carboxylic acids is 1. The van der Waals surface area contributed by atoms with Crippen LogP contribution in [0.3, 0.4) is 0 Å². The zero-order valence-electron chi connectivity index (χ0n) is 13.9. The molecule has 5 heteroatoms. The van der Waals surface area contributed by atoms with Crippen LogP contribution in [-0.4, -0.2) is 30.1 Å². The van der Waals surface area contributed by atoms with Crippen molar-refractivity contribution in [1.82, 2.24) is 0 Å². The Morgan fingerprint density at radius 1 is 1.09 bits per heavy atom. The van der Waals surface area contributed by atoms with Gasteiger partial charge in [0.2, 0.25) is 5.91 Å². The van der Waals surface area contributed by atoms with E-state index in [0.717, 1.165) is 37.3 Å². The molecule has 2 rings (SSSR count). The van der Waals surface area contributed by atoms with Crippen molar-refractivity contribution in [1.29, 1.82) is 0 Å². The number of carbonyl (C=O) groups is 2. The lowest BCUT2D eigenvalue weighted by Gasteiger charge is -2.27. The number of rotatable bonds is 6. The predicted octanol–water partition coefficient (Wildman–Crippen LogP) is 3.36. The minimum absolute atomic E-state index is 0.173. The van der Waals surface area contributed by atoms with E-state index in [9.17, 15) is 14.7 Å². The van der Waals surface area contributed by atoms with E-state index in [2.05, 4.69) is 24.1 Å². The van der Waals surface area contributed by atoms with Crippen molar-refractivity contribution >= 4 is 23.3 Å². The predicted molar refractivity (Wildman–Crippen MR) is 91.7 cm³/mol. The second-order valence-corrected chi connectivity index (χ2v) is 6.04. The molecule has 1 amide bonds. The molecular weight excluding hydrogens is 292 g/mol. The number of benzene rings is 1. The molecule has 0 unspecified atom stereocenters. The van der Waals surface area contributed by atoms with E-state index in [1.54, 1.807) is 0 Å². The van der Waals surface area contributed by atoms with Crippen LogP contribution in [0.2, 0.25) is 0 Å². The van der Waals surface area contributed by atoms with E-state index in [1.807, 2.05) is 24.3 Å². The topological polar surface area (TPSA) is 69.6 Å². The van der Waals surface area contributed by atoms with Gasteiger partial charge in [-0.2, -0.15) is 0 Å². The van der Waals surface area contributed by atoms with Crippen LogP contribution in [0.15, 0.2) is 24.3 Å². The Hall–Kier alpha value is -2.04. The van der Waals surface area contributed by atoms with Crippen LogP contribution >= 0.6 is 0 Å². The van der Waals surface area contributed by atoms with Gasteiger partial charge in [0.1, 0.15) is 0 Å². The monoisotopic (exact) mass is 318 g/mol. The molecule has 126 valence electrons. The summed E-state index contributed by atoms with van der Waals surface area (Å²) in [5.41, 5.74) is 1.84. The molecule has 0 radical (unpaired) electrons. The third kappa shape index (κ3) is 4.24. The number of nitrogens with zero attached hydrogens (tertiary/aromatic N) is 1. The lowest BCUT2D eigenvalue weighted by Crippen LogP contribution is -2.36. The summed E-state index contributed by atoms with van der Waals surface area (Å²) in [4.78, 5) is 26.0. The fraction of sp³-hybridized carbons (Fsp3) is 0.556. The first-order valence-electron chi connectivity index (χ1n) is 8.45. The molecule has 1 aromatic rings. The SMILES string of the molecule is CCN(CC)c1ccc(NC(=O)[C@H]2CCCC[C@H]2C(=O)O)cc1. The lowest BCUT2D eigenvalue weighted by molar-refractivity contribution is -0.147. The Bertz CT molecular complexity index is 538. The Morgan fingerprint density at radius 3 is 2.17 bits per heavy atom. The highest BCUT2D eigenvalue weighted by Gasteiger charge is 2.35. The Kier molecular flexibility index (Phi) is 6.02. The zero-order chi connectivity index (χ0) is 16.8. The number of hydrogen-bond donors (Lipinski definition) is 2. The average molecular weight is 318 g/mol. The fourth-order valence-corrected chi connectivity index (χ4v) is 3.32. The van der Waals surface area contributed by atoms with Gasteiger partial charge >= 0.3 is 5.97 Å². The van der Waals surface area contributed by atoms with Crippen LogP contribution in [0.25, 0.3) is 0 Å². The molecule has 2 N–H and O–H groups in total. The van der Waals surface area contributed by atoms with E-state index in [1.165, 1.54) is 0 Å². The summed E-state index contributed by atoms with van der Waals surface area (Å²) in [6.45, 7) is 6.08. The molecular formula is C18H26N2O3. The summed E-state index contributed by atoms with van der Waals surface area (Å²) in [5.74, 6) is -2.02. The molecule has 1 aromatic carbocycles. The molecule has 2 atom stereocenters. The number of aliphatic carboxylic acids is 1. The molecule has 1 aliphatic carbocycles. The molecule has 0 aromatic heterocycles. The highest BCUT2D eigenvalue weighted by molar-refractivity contribution is 5.95. The molecule has 1 saturated carbocycles. The highest BCUT2D eigenvalue weighted by Crippen LogP contribution is 2.31. The maximum Gasteiger partial charge on any atom is 0.307 e. The quantitative estimate of drug-likeness (QED) is 0.844. The summed E-state index contributed by atoms with van der Waals surface area (Å²) in [6, 6.07) is 7.73. The standard InChI is InChI=1S/C18H26N2O3/c1-3-20(4-2)14-11-9-13(10-12-14)19-17(21)15-7-5-6-8-16(15)18(22)23/h9-12,15-16H,3-8H2,1-2H3,(H,19,21)(H,22,23)/t15-,16+/m0/s1. The van der Waals surface area contributed by atoms with E-state index >= 15 is 0 Å². The summed E-state index contributed by atoms with van der Waals surface area (Å²) >= 11 is 0.